The number of urea groups is 1. The Hall–Kier alpha value is -2.68. The van der Waals surface area contributed by atoms with Gasteiger partial charge in [0.25, 0.3) is 0 Å². The van der Waals surface area contributed by atoms with E-state index >= 15 is 4.39 Å². The van der Waals surface area contributed by atoms with Crippen molar-refractivity contribution in [1.29, 1.82) is 0 Å². The van der Waals surface area contributed by atoms with Crippen LogP contribution in [-0.4, -0.2) is 65.4 Å². The molecule has 0 spiro atoms. The number of hydrogen-bond donors (Lipinski definition) is 1. The van der Waals surface area contributed by atoms with Crippen molar-refractivity contribution >= 4 is 34.3 Å². The largest absolute Gasteiger partial charge is 0.367 e. The molecule has 1 aromatic carbocycles. The molecular weight excluding hydrogens is 363 g/mol. The molecule has 0 saturated carbocycles. The van der Waals surface area contributed by atoms with Gasteiger partial charge < -0.3 is 4.90 Å². The standard InChI is InChI=1S/C19H25FN6O2/c1-12(2)24-6-8-25(9-7-24)16-11-15-13(10-14(16)20)18(22-23(15)3)26-5-4-17(27)21-19(26)28/h10-12H,4-9H2,1-3H3,(H,21,27,28). The minimum absolute atomic E-state index is 0.199. The van der Waals surface area contributed by atoms with E-state index in [1.807, 2.05) is 0 Å². The first kappa shape index (κ1) is 18.7. The maximum Gasteiger partial charge on any atom is 0.329 e. The van der Waals surface area contributed by atoms with Gasteiger partial charge in [-0.25, -0.2) is 9.18 Å². The number of aromatic nitrogens is 2. The van der Waals surface area contributed by atoms with Crippen LogP contribution in [0.5, 0.6) is 0 Å². The molecule has 2 aliphatic heterocycles. The Morgan fingerprint density at radius 2 is 1.82 bits per heavy atom. The molecule has 4 rings (SSSR count). The lowest BCUT2D eigenvalue weighted by molar-refractivity contribution is -0.120. The molecule has 0 aliphatic carbocycles. The third-order valence-corrected chi connectivity index (χ3v) is 5.59. The van der Waals surface area contributed by atoms with Crippen molar-refractivity contribution in [3.63, 3.8) is 0 Å². The van der Waals surface area contributed by atoms with Gasteiger partial charge in [0.2, 0.25) is 5.91 Å². The summed E-state index contributed by atoms with van der Waals surface area (Å²) in [6.07, 6.45) is 0.199. The van der Waals surface area contributed by atoms with Crippen molar-refractivity contribution in [1.82, 2.24) is 20.0 Å². The van der Waals surface area contributed by atoms with E-state index in [9.17, 15) is 9.59 Å². The van der Waals surface area contributed by atoms with Gasteiger partial charge in [-0.15, -0.1) is 0 Å². The summed E-state index contributed by atoms with van der Waals surface area (Å²) in [6, 6.07) is 3.22. The zero-order valence-corrected chi connectivity index (χ0v) is 16.4. The topological polar surface area (TPSA) is 73.7 Å². The van der Waals surface area contributed by atoms with Crippen molar-refractivity contribution in [2.24, 2.45) is 7.05 Å². The van der Waals surface area contributed by atoms with E-state index in [1.165, 1.54) is 11.0 Å². The number of hydrogen-bond acceptors (Lipinski definition) is 5. The number of rotatable bonds is 3. The highest BCUT2D eigenvalue weighted by molar-refractivity contribution is 6.09. The molecule has 2 saturated heterocycles. The molecular formula is C19H25FN6O2. The zero-order valence-electron chi connectivity index (χ0n) is 16.4. The van der Waals surface area contributed by atoms with Crippen molar-refractivity contribution in [3.8, 4) is 0 Å². The highest BCUT2D eigenvalue weighted by Crippen LogP contribution is 2.33. The Morgan fingerprint density at radius 1 is 1.11 bits per heavy atom. The van der Waals surface area contributed by atoms with Crippen LogP contribution in [0.1, 0.15) is 20.3 Å². The van der Waals surface area contributed by atoms with Gasteiger partial charge in [0, 0.05) is 57.6 Å². The minimum atomic E-state index is -0.523. The van der Waals surface area contributed by atoms with Crippen molar-refractivity contribution in [3.05, 3.63) is 17.9 Å². The zero-order chi connectivity index (χ0) is 20.0. The number of benzene rings is 1. The summed E-state index contributed by atoms with van der Waals surface area (Å²) in [4.78, 5) is 29.4. The number of nitrogens with zero attached hydrogens (tertiary/aromatic N) is 5. The highest BCUT2D eigenvalue weighted by atomic mass is 19.1. The molecule has 28 heavy (non-hydrogen) atoms. The molecule has 0 bridgehead atoms. The van der Waals surface area contributed by atoms with Crippen LogP contribution < -0.4 is 15.1 Å². The molecule has 3 amide bonds. The third kappa shape index (κ3) is 3.19. The number of carbonyl (C=O) groups is 2. The quantitative estimate of drug-likeness (QED) is 0.866. The molecule has 0 unspecified atom stereocenters. The fourth-order valence-electron chi connectivity index (χ4n) is 3.93. The SMILES string of the molecule is CC(C)N1CCN(c2cc3c(cc2F)c(N2CCC(=O)NC2=O)nn3C)CC1. The fourth-order valence-corrected chi connectivity index (χ4v) is 3.93. The average molecular weight is 388 g/mol. The summed E-state index contributed by atoms with van der Waals surface area (Å²) >= 11 is 0. The summed E-state index contributed by atoms with van der Waals surface area (Å²) < 4.78 is 16.7. The van der Waals surface area contributed by atoms with Crippen LogP contribution in [0, 0.1) is 5.82 Å². The second-order valence-corrected chi connectivity index (χ2v) is 7.64. The lowest BCUT2D eigenvalue weighted by Crippen LogP contribution is -2.49. The fraction of sp³-hybridized carbons (Fsp3) is 0.526. The van der Waals surface area contributed by atoms with Crippen molar-refractivity contribution < 1.29 is 14.0 Å². The predicted octanol–water partition coefficient (Wildman–Crippen LogP) is 1.69. The second kappa shape index (κ2) is 7.05. The molecule has 150 valence electrons. The first-order valence-corrected chi connectivity index (χ1v) is 9.61. The van der Waals surface area contributed by atoms with E-state index in [0.29, 0.717) is 22.9 Å². The molecule has 2 aromatic rings. The number of imide groups is 1. The Labute approximate surface area is 162 Å². The summed E-state index contributed by atoms with van der Waals surface area (Å²) in [5.74, 6) is -0.263. The average Bonchev–Trinajstić information content (AvgIpc) is 2.96. The summed E-state index contributed by atoms with van der Waals surface area (Å²) in [5, 5.41) is 7.28. The minimum Gasteiger partial charge on any atom is -0.367 e. The van der Waals surface area contributed by atoms with Gasteiger partial charge in [-0.2, -0.15) is 5.10 Å². The first-order valence-electron chi connectivity index (χ1n) is 9.61. The van der Waals surface area contributed by atoms with Gasteiger partial charge in [0.05, 0.1) is 11.2 Å². The Kier molecular flexibility index (Phi) is 4.70. The molecule has 0 atom stereocenters. The Morgan fingerprint density at radius 3 is 2.46 bits per heavy atom. The summed E-state index contributed by atoms with van der Waals surface area (Å²) in [6.45, 7) is 7.90. The molecule has 0 radical (unpaired) electrons. The molecule has 3 heterocycles. The van der Waals surface area contributed by atoms with Crippen LogP contribution in [0.25, 0.3) is 10.9 Å². The number of carbonyl (C=O) groups excluding carboxylic acids is 2. The van der Waals surface area contributed by atoms with E-state index in [2.05, 4.69) is 34.1 Å². The summed E-state index contributed by atoms with van der Waals surface area (Å²) in [5.41, 5.74) is 1.31. The van der Waals surface area contributed by atoms with Crippen LogP contribution in [0.15, 0.2) is 12.1 Å². The van der Waals surface area contributed by atoms with E-state index in [-0.39, 0.29) is 24.7 Å². The van der Waals surface area contributed by atoms with Crippen molar-refractivity contribution in [2.75, 3.05) is 42.5 Å². The van der Waals surface area contributed by atoms with Gasteiger partial charge in [-0.1, -0.05) is 0 Å². The third-order valence-electron chi connectivity index (χ3n) is 5.59. The second-order valence-electron chi connectivity index (χ2n) is 7.64. The molecule has 9 heteroatoms. The van der Waals surface area contributed by atoms with E-state index in [1.54, 1.807) is 17.8 Å². The molecule has 2 aliphatic rings. The van der Waals surface area contributed by atoms with Gasteiger partial charge in [-0.05, 0) is 26.0 Å². The van der Waals surface area contributed by atoms with E-state index < -0.39 is 6.03 Å². The van der Waals surface area contributed by atoms with Crippen LogP contribution >= 0.6 is 0 Å². The predicted molar refractivity (Wildman–Crippen MR) is 105 cm³/mol. The lowest BCUT2D eigenvalue weighted by atomic mass is 10.1. The molecule has 2 fully saturated rings. The van der Waals surface area contributed by atoms with Gasteiger partial charge in [0.1, 0.15) is 5.82 Å². The molecule has 1 aromatic heterocycles. The lowest BCUT2D eigenvalue weighted by Gasteiger charge is -2.38. The number of halogens is 1. The number of fused-ring (bicyclic) bond motifs is 1. The highest BCUT2D eigenvalue weighted by Gasteiger charge is 2.29. The normalized spacial score (nSPS) is 19.0. The van der Waals surface area contributed by atoms with Crippen LogP contribution in [0.4, 0.5) is 20.7 Å². The summed E-state index contributed by atoms with van der Waals surface area (Å²) in [7, 11) is 1.78. The smallest absolute Gasteiger partial charge is 0.329 e. The van der Waals surface area contributed by atoms with E-state index in [4.69, 9.17) is 0 Å². The van der Waals surface area contributed by atoms with Crippen LogP contribution in [0.2, 0.25) is 0 Å². The first-order chi connectivity index (χ1) is 13.3. The van der Waals surface area contributed by atoms with Gasteiger partial charge in [-0.3, -0.25) is 24.6 Å². The maximum absolute atomic E-state index is 15.0. The molecule has 8 nitrogen and oxygen atoms in total. The number of nitrogens with one attached hydrogen (secondary N) is 1. The number of amides is 3. The monoisotopic (exact) mass is 388 g/mol. The Balaban J connectivity index is 1.66. The van der Waals surface area contributed by atoms with Gasteiger partial charge >= 0.3 is 6.03 Å². The van der Waals surface area contributed by atoms with Gasteiger partial charge in [0.15, 0.2) is 5.82 Å². The van der Waals surface area contributed by atoms with Crippen molar-refractivity contribution in [2.45, 2.75) is 26.3 Å². The van der Waals surface area contributed by atoms with Crippen LogP contribution in [-0.2, 0) is 11.8 Å². The number of piperazine rings is 1. The van der Waals surface area contributed by atoms with E-state index in [0.717, 1.165) is 31.7 Å². The van der Waals surface area contributed by atoms with Crippen LogP contribution in [0.3, 0.4) is 0 Å². The number of anilines is 2. The maximum atomic E-state index is 15.0. The Bertz CT molecular complexity index is 932. The number of aryl methyl sites for hydroxylation is 1. The molecule has 1 N–H and O–H groups in total.